The van der Waals surface area contributed by atoms with Crippen molar-refractivity contribution in [3.63, 3.8) is 0 Å². The van der Waals surface area contributed by atoms with Crippen LogP contribution in [0.25, 0.3) is 11.1 Å². The van der Waals surface area contributed by atoms with Crippen molar-refractivity contribution in [2.75, 3.05) is 7.11 Å². The summed E-state index contributed by atoms with van der Waals surface area (Å²) >= 11 is 0. The van der Waals surface area contributed by atoms with Crippen LogP contribution in [-0.4, -0.2) is 18.7 Å². The topological polar surface area (TPSA) is 47.6 Å². The number of amides is 1. The fraction of sp³-hybridized carbons (Fsp3) is 0.324. The number of carbonyl (C=O) groups is 1. The Labute approximate surface area is 244 Å². The van der Waals surface area contributed by atoms with Gasteiger partial charge in [-0.2, -0.15) is 0 Å². The maximum absolute atomic E-state index is 12.6. The van der Waals surface area contributed by atoms with Crippen LogP contribution in [0, 0.1) is 0 Å². The average Bonchev–Trinajstić information content (AvgIpc) is 3.30. The number of hydrogen-bond acceptors (Lipinski definition) is 3. The first kappa shape index (κ1) is 28.6. The Morgan fingerprint density at radius 1 is 0.707 bits per heavy atom. The lowest BCUT2D eigenvalue weighted by Crippen LogP contribution is -2.44. The van der Waals surface area contributed by atoms with Crippen molar-refractivity contribution < 1.29 is 14.3 Å². The molecule has 0 aliphatic heterocycles. The van der Waals surface area contributed by atoms with Gasteiger partial charge < -0.3 is 14.8 Å². The van der Waals surface area contributed by atoms with Gasteiger partial charge in [-0.25, -0.2) is 4.79 Å². The largest absolute Gasteiger partial charge is 0.413 e. The molecule has 0 heterocycles. The van der Waals surface area contributed by atoms with Crippen LogP contribution in [0.3, 0.4) is 0 Å². The zero-order chi connectivity index (χ0) is 29.3. The molecule has 0 saturated carbocycles. The molecule has 0 fully saturated rings. The van der Waals surface area contributed by atoms with E-state index in [4.69, 9.17) is 9.47 Å². The van der Waals surface area contributed by atoms with Gasteiger partial charge in [0, 0.05) is 12.6 Å². The van der Waals surface area contributed by atoms with Gasteiger partial charge in [0.05, 0.1) is 11.0 Å². The van der Waals surface area contributed by atoms with E-state index in [-0.39, 0.29) is 11.1 Å². The molecule has 0 aromatic heterocycles. The van der Waals surface area contributed by atoms with Crippen molar-refractivity contribution in [2.24, 2.45) is 0 Å². The predicted octanol–water partition coefficient (Wildman–Crippen LogP) is 8.99. The van der Waals surface area contributed by atoms with Crippen LogP contribution < -0.4 is 10.1 Å². The van der Waals surface area contributed by atoms with Crippen molar-refractivity contribution >= 4 is 6.09 Å². The van der Waals surface area contributed by atoms with Crippen molar-refractivity contribution in [3.05, 3.63) is 125 Å². The lowest BCUT2D eigenvalue weighted by molar-refractivity contribution is -0.0217. The molecule has 1 N–H and O–H groups in total. The predicted molar refractivity (Wildman–Crippen MR) is 167 cm³/mol. The molecule has 4 aromatic carbocycles. The van der Waals surface area contributed by atoms with E-state index < -0.39 is 11.5 Å². The van der Waals surface area contributed by atoms with Crippen LogP contribution in [0.2, 0.25) is 0 Å². The molecule has 1 aliphatic rings. The first-order valence-corrected chi connectivity index (χ1v) is 14.7. The Morgan fingerprint density at radius 2 is 1.20 bits per heavy atom. The standard InChI is InChI=1S/C37H41NO3/c1-7-35(4,5)38-34(39)41-29-24-22-28(23-25-29)37(27-20-18-26(19-21-27)36(8-2,9-3)40-6)32-16-12-10-14-30(32)31-15-11-13-17-33(31)37/h10-25H,7-9H2,1-6H3,(H,38,39). The number of fused-ring (bicyclic) bond motifs is 3. The molecule has 0 saturated heterocycles. The summed E-state index contributed by atoms with van der Waals surface area (Å²) < 4.78 is 11.7. The van der Waals surface area contributed by atoms with Crippen molar-refractivity contribution in [1.29, 1.82) is 0 Å². The molecule has 0 spiro atoms. The molecule has 0 radical (unpaired) electrons. The summed E-state index contributed by atoms with van der Waals surface area (Å²) in [4.78, 5) is 12.6. The number of carbonyl (C=O) groups excluding carboxylic acids is 1. The van der Waals surface area contributed by atoms with E-state index in [1.165, 1.54) is 33.4 Å². The second-order valence-electron chi connectivity index (χ2n) is 11.6. The van der Waals surface area contributed by atoms with E-state index in [0.717, 1.165) is 24.8 Å². The SMILES string of the molecule is CCC(C)(C)NC(=O)Oc1ccc(C2(c3ccc(C(CC)(CC)OC)cc3)c3ccccc3-c3ccccc32)cc1. The summed E-state index contributed by atoms with van der Waals surface area (Å²) in [6, 6.07) is 34.3. The number of hydrogen-bond donors (Lipinski definition) is 1. The molecule has 1 amide bonds. The van der Waals surface area contributed by atoms with E-state index in [1.54, 1.807) is 7.11 Å². The molecular formula is C37H41NO3. The molecule has 212 valence electrons. The average molecular weight is 548 g/mol. The highest BCUT2D eigenvalue weighted by molar-refractivity contribution is 5.86. The molecule has 0 atom stereocenters. The molecule has 4 aromatic rings. The Bertz CT molecular complexity index is 1460. The smallest absolute Gasteiger partial charge is 0.410 e. The monoisotopic (exact) mass is 547 g/mol. The highest BCUT2D eigenvalue weighted by Crippen LogP contribution is 2.56. The van der Waals surface area contributed by atoms with E-state index in [0.29, 0.717) is 5.75 Å². The van der Waals surface area contributed by atoms with Crippen LogP contribution in [0.5, 0.6) is 5.75 Å². The molecule has 4 nitrogen and oxygen atoms in total. The summed E-state index contributed by atoms with van der Waals surface area (Å²) in [7, 11) is 1.80. The van der Waals surface area contributed by atoms with E-state index >= 15 is 0 Å². The number of nitrogens with one attached hydrogen (secondary N) is 1. The Kier molecular flexibility index (Phi) is 7.80. The van der Waals surface area contributed by atoms with Gasteiger partial charge >= 0.3 is 6.09 Å². The highest BCUT2D eigenvalue weighted by atomic mass is 16.6. The lowest BCUT2D eigenvalue weighted by Gasteiger charge is -2.35. The quantitative estimate of drug-likeness (QED) is 0.200. The van der Waals surface area contributed by atoms with Gasteiger partial charge in [-0.05, 0) is 84.2 Å². The molecule has 0 unspecified atom stereocenters. The zero-order valence-electron chi connectivity index (χ0n) is 25.1. The fourth-order valence-electron chi connectivity index (χ4n) is 6.38. The van der Waals surface area contributed by atoms with E-state index in [9.17, 15) is 4.79 Å². The number of benzene rings is 4. The summed E-state index contributed by atoms with van der Waals surface area (Å²) in [5.74, 6) is 0.513. The first-order chi connectivity index (χ1) is 19.7. The van der Waals surface area contributed by atoms with Crippen LogP contribution in [0.1, 0.15) is 81.7 Å². The van der Waals surface area contributed by atoms with Gasteiger partial charge in [0.25, 0.3) is 0 Å². The van der Waals surface area contributed by atoms with Gasteiger partial charge in [0.1, 0.15) is 5.75 Å². The minimum absolute atomic E-state index is 0.302. The summed E-state index contributed by atoms with van der Waals surface area (Å²) in [5, 5.41) is 2.94. The van der Waals surface area contributed by atoms with Crippen LogP contribution in [-0.2, 0) is 15.8 Å². The fourth-order valence-corrected chi connectivity index (χ4v) is 6.38. The second-order valence-corrected chi connectivity index (χ2v) is 11.6. The molecule has 0 bridgehead atoms. The summed E-state index contributed by atoms with van der Waals surface area (Å²) in [6.07, 6.45) is 2.17. The number of rotatable bonds is 9. The van der Waals surface area contributed by atoms with Crippen molar-refractivity contribution in [1.82, 2.24) is 5.32 Å². The van der Waals surface area contributed by atoms with Crippen LogP contribution in [0.4, 0.5) is 4.79 Å². The highest BCUT2D eigenvalue weighted by Gasteiger charge is 2.46. The van der Waals surface area contributed by atoms with E-state index in [1.807, 2.05) is 32.9 Å². The molecule has 1 aliphatic carbocycles. The van der Waals surface area contributed by atoms with E-state index in [2.05, 4.69) is 104 Å². The van der Waals surface area contributed by atoms with Crippen molar-refractivity contribution in [2.45, 2.75) is 70.4 Å². The maximum atomic E-state index is 12.6. The third kappa shape index (κ3) is 4.85. The molecular weight excluding hydrogens is 506 g/mol. The van der Waals surface area contributed by atoms with Crippen molar-refractivity contribution in [3.8, 4) is 16.9 Å². The maximum Gasteiger partial charge on any atom is 0.413 e. The summed E-state index contributed by atoms with van der Waals surface area (Å²) in [5.41, 5.74) is 7.30. The molecule has 4 heteroatoms. The van der Waals surface area contributed by atoms with Crippen LogP contribution >= 0.6 is 0 Å². The Morgan fingerprint density at radius 3 is 1.66 bits per heavy atom. The van der Waals surface area contributed by atoms with Crippen LogP contribution in [0.15, 0.2) is 97.1 Å². The zero-order valence-corrected chi connectivity index (χ0v) is 25.1. The van der Waals surface area contributed by atoms with Gasteiger partial charge in [0.15, 0.2) is 0 Å². The number of methoxy groups -OCH3 is 1. The number of ether oxygens (including phenoxy) is 2. The third-order valence-corrected chi connectivity index (χ3v) is 9.15. The molecule has 41 heavy (non-hydrogen) atoms. The Balaban J connectivity index is 1.64. The minimum atomic E-state index is -0.523. The minimum Gasteiger partial charge on any atom is -0.410 e. The van der Waals surface area contributed by atoms with Gasteiger partial charge in [0.2, 0.25) is 0 Å². The summed E-state index contributed by atoms with van der Waals surface area (Å²) in [6.45, 7) is 10.4. The van der Waals surface area contributed by atoms with Gasteiger partial charge in [-0.15, -0.1) is 0 Å². The normalized spacial score (nSPS) is 13.8. The first-order valence-electron chi connectivity index (χ1n) is 14.7. The Hall–Kier alpha value is -3.89. The van der Waals surface area contributed by atoms with Gasteiger partial charge in [-0.3, -0.25) is 0 Å². The third-order valence-electron chi connectivity index (χ3n) is 9.15. The molecule has 5 rings (SSSR count). The van der Waals surface area contributed by atoms with Gasteiger partial charge in [-0.1, -0.05) is 106 Å². The lowest BCUT2D eigenvalue weighted by atomic mass is 9.67. The second kappa shape index (κ2) is 11.2.